The van der Waals surface area contributed by atoms with Gasteiger partial charge in [0.1, 0.15) is 11.6 Å². The molecule has 0 atom stereocenters. The molecule has 5 rings (SSSR count). The molecular weight excluding hydrogens is 351 g/mol. The van der Waals surface area contributed by atoms with Gasteiger partial charge in [0.05, 0.1) is 10.9 Å². The Balaban J connectivity index is 1.68. The monoisotopic (exact) mass is 366 g/mol. The van der Waals surface area contributed by atoms with Crippen LogP contribution in [-0.2, 0) is 0 Å². The first kappa shape index (κ1) is 16.5. The zero-order chi connectivity index (χ0) is 19.1. The fraction of sp³-hybridized carbons (Fsp3) is 0. The van der Waals surface area contributed by atoms with Crippen LogP contribution in [0.4, 0.5) is 4.39 Å². The van der Waals surface area contributed by atoms with Crippen molar-refractivity contribution in [2.24, 2.45) is 0 Å². The third-order valence-corrected chi connectivity index (χ3v) is 4.97. The number of benzene rings is 5. The predicted octanol–water partition coefficient (Wildman–Crippen LogP) is 6.50. The van der Waals surface area contributed by atoms with Crippen molar-refractivity contribution in [1.29, 1.82) is 0 Å². The number of halogens is 1. The maximum atomic E-state index is 14.6. The number of rotatable bonds is 2. The van der Waals surface area contributed by atoms with Gasteiger partial charge in [-0.3, -0.25) is 0 Å². The summed E-state index contributed by atoms with van der Waals surface area (Å²) in [4.78, 5) is 12.9. The molecule has 5 aromatic rings. The van der Waals surface area contributed by atoms with E-state index in [1.807, 2.05) is 66.7 Å². The highest BCUT2D eigenvalue weighted by atomic mass is 19.1. The number of hydrogen-bond acceptors (Lipinski definition) is 2. The van der Waals surface area contributed by atoms with Crippen molar-refractivity contribution in [2.75, 3.05) is 0 Å². The van der Waals surface area contributed by atoms with Crippen LogP contribution in [0, 0.1) is 5.82 Å². The number of esters is 1. The fourth-order valence-electron chi connectivity index (χ4n) is 3.61. The molecule has 0 aromatic heterocycles. The summed E-state index contributed by atoms with van der Waals surface area (Å²) in [5.41, 5.74) is 0.427. The molecule has 0 aliphatic carbocycles. The van der Waals surface area contributed by atoms with E-state index in [2.05, 4.69) is 0 Å². The minimum Gasteiger partial charge on any atom is -0.421 e. The van der Waals surface area contributed by atoms with Gasteiger partial charge < -0.3 is 4.74 Å². The molecule has 5 aromatic carbocycles. The lowest BCUT2D eigenvalue weighted by Gasteiger charge is -2.13. The van der Waals surface area contributed by atoms with Gasteiger partial charge in [-0.15, -0.1) is 0 Å². The van der Waals surface area contributed by atoms with Crippen LogP contribution in [0.1, 0.15) is 10.4 Å². The molecule has 0 saturated heterocycles. The maximum Gasteiger partial charge on any atom is 0.343 e. The number of ether oxygens (including phenoxy) is 1. The average Bonchev–Trinajstić information content (AvgIpc) is 2.73. The van der Waals surface area contributed by atoms with Crippen LogP contribution in [-0.4, -0.2) is 5.97 Å². The Morgan fingerprint density at radius 2 is 1.39 bits per heavy atom. The molecule has 0 aliphatic rings. The molecule has 3 heteroatoms. The van der Waals surface area contributed by atoms with E-state index < -0.39 is 11.8 Å². The van der Waals surface area contributed by atoms with E-state index in [4.69, 9.17) is 4.74 Å². The SMILES string of the molecule is O=C(Oc1c2ccccc2cc2cccc(F)c12)c1ccc2ccccc2c1. The third kappa shape index (κ3) is 2.69. The Morgan fingerprint density at radius 1 is 0.679 bits per heavy atom. The second kappa shape index (κ2) is 6.46. The maximum absolute atomic E-state index is 14.6. The topological polar surface area (TPSA) is 26.3 Å². The van der Waals surface area contributed by atoms with Gasteiger partial charge >= 0.3 is 5.97 Å². The minimum atomic E-state index is -0.508. The normalized spacial score (nSPS) is 11.2. The molecule has 0 amide bonds. The zero-order valence-corrected chi connectivity index (χ0v) is 14.9. The lowest BCUT2D eigenvalue weighted by molar-refractivity contribution is 0.0739. The van der Waals surface area contributed by atoms with Crippen molar-refractivity contribution < 1.29 is 13.9 Å². The summed E-state index contributed by atoms with van der Waals surface area (Å²) in [5, 5.41) is 4.60. The summed E-state index contributed by atoms with van der Waals surface area (Å²) in [6, 6.07) is 27.5. The number of carbonyl (C=O) groups excluding carboxylic acids is 1. The number of hydrogen-bond donors (Lipinski definition) is 0. The first-order valence-electron chi connectivity index (χ1n) is 9.02. The standard InChI is InChI=1S/C25H15FO2/c26-22-11-5-9-19-15-18-8-3-4-10-21(18)24(23(19)22)28-25(27)20-13-12-16-6-1-2-7-17(16)14-20/h1-15H. The molecule has 0 unspecified atom stereocenters. The van der Waals surface area contributed by atoms with E-state index in [-0.39, 0.29) is 5.75 Å². The highest BCUT2D eigenvalue weighted by molar-refractivity contribution is 6.08. The molecule has 0 bridgehead atoms. The number of carbonyl (C=O) groups is 1. The van der Waals surface area contributed by atoms with Gasteiger partial charge in [-0.2, -0.15) is 0 Å². The van der Waals surface area contributed by atoms with Crippen molar-refractivity contribution in [3.63, 3.8) is 0 Å². The van der Waals surface area contributed by atoms with E-state index in [1.54, 1.807) is 18.2 Å². The molecular formula is C25H15FO2. The second-order valence-corrected chi connectivity index (χ2v) is 6.72. The van der Waals surface area contributed by atoms with E-state index in [1.165, 1.54) is 6.07 Å². The van der Waals surface area contributed by atoms with Gasteiger partial charge in [0.15, 0.2) is 0 Å². The molecule has 28 heavy (non-hydrogen) atoms. The zero-order valence-electron chi connectivity index (χ0n) is 14.9. The molecule has 0 saturated carbocycles. The minimum absolute atomic E-state index is 0.254. The number of fused-ring (bicyclic) bond motifs is 3. The smallest absolute Gasteiger partial charge is 0.343 e. The molecule has 0 heterocycles. The van der Waals surface area contributed by atoms with Crippen molar-refractivity contribution >= 4 is 38.3 Å². The van der Waals surface area contributed by atoms with Crippen molar-refractivity contribution in [2.45, 2.75) is 0 Å². The Bertz CT molecular complexity index is 1370. The predicted molar refractivity (Wildman–Crippen MR) is 110 cm³/mol. The van der Waals surface area contributed by atoms with E-state index in [9.17, 15) is 9.18 Å². The largest absolute Gasteiger partial charge is 0.421 e. The van der Waals surface area contributed by atoms with Crippen LogP contribution in [0.2, 0.25) is 0 Å². The van der Waals surface area contributed by atoms with Crippen LogP contribution in [0.3, 0.4) is 0 Å². The first-order chi connectivity index (χ1) is 13.7. The van der Waals surface area contributed by atoms with Crippen LogP contribution in [0.25, 0.3) is 32.3 Å². The van der Waals surface area contributed by atoms with Gasteiger partial charge in [0.25, 0.3) is 0 Å². The van der Waals surface area contributed by atoms with E-state index in [0.717, 1.165) is 16.2 Å². The third-order valence-electron chi connectivity index (χ3n) is 4.97. The van der Waals surface area contributed by atoms with Crippen LogP contribution in [0.15, 0.2) is 91.0 Å². The van der Waals surface area contributed by atoms with Gasteiger partial charge in [0, 0.05) is 5.39 Å². The Kier molecular flexibility index (Phi) is 3.80. The summed E-state index contributed by atoms with van der Waals surface area (Å²) in [6.07, 6.45) is 0. The summed E-state index contributed by atoms with van der Waals surface area (Å²) < 4.78 is 20.4. The summed E-state index contributed by atoms with van der Waals surface area (Å²) >= 11 is 0. The van der Waals surface area contributed by atoms with Gasteiger partial charge in [0.2, 0.25) is 0 Å². The molecule has 2 nitrogen and oxygen atoms in total. The molecule has 134 valence electrons. The molecule has 0 aliphatic heterocycles. The van der Waals surface area contributed by atoms with Crippen molar-refractivity contribution in [1.82, 2.24) is 0 Å². The summed E-state index contributed by atoms with van der Waals surface area (Å²) in [5.74, 6) is -0.666. The van der Waals surface area contributed by atoms with Crippen LogP contribution >= 0.6 is 0 Å². The van der Waals surface area contributed by atoms with Gasteiger partial charge in [-0.25, -0.2) is 9.18 Å². The van der Waals surface area contributed by atoms with Crippen molar-refractivity contribution in [3.05, 3.63) is 102 Å². The highest BCUT2D eigenvalue weighted by Crippen LogP contribution is 2.37. The average molecular weight is 366 g/mol. The molecule has 0 radical (unpaired) electrons. The summed E-state index contributed by atoms with van der Waals surface area (Å²) in [7, 11) is 0. The van der Waals surface area contributed by atoms with Crippen molar-refractivity contribution in [3.8, 4) is 5.75 Å². The Labute approximate surface area is 160 Å². The van der Waals surface area contributed by atoms with Crippen LogP contribution in [0.5, 0.6) is 5.75 Å². The quantitative estimate of drug-likeness (QED) is 0.202. The summed E-state index contributed by atoms with van der Waals surface area (Å²) in [6.45, 7) is 0. The van der Waals surface area contributed by atoms with Crippen LogP contribution < -0.4 is 4.74 Å². The lowest BCUT2D eigenvalue weighted by Crippen LogP contribution is -2.09. The van der Waals surface area contributed by atoms with Gasteiger partial charge in [-0.05, 0) is 45.8 Å². The highest BCUT2D eigenvalue weighted by Gasteiger charge is 2.17. The fourth-order valence-corrected chi connectivity index (χ4v) is 3.61. The van der Waals surface area contributed by atoms with Gasteiger partial charge in [-0.1, -0.05) is 66.7 Å². The second-order valence-electron chi connectivity index (χ2n) is 6.72. The molecule has 0 fully saturated rings. The lowest BCUT2D eigenvalue weighted by atomic mass is 10.0. The molecule has 0 N–H and O–H groups in total. The first-order valence-corrected chi connectivity index (χ1v) is 9.02. The Hall–Kier alpha value is -3.72. The molecule has 0 spiro atoms. The van der Waals surface area contributed by atoms with E-state index in [0.29, 0.717) is 21.7 Å². The van der Waals surface area contributed by atoms with E-state index >= 15 is 0 Å². The Morgan fingerprint density at radius 3 is 2.25 bits per heavy atom.